The van der Waals surface area contributed by atoms with E-state index in [1.54, 1.807) is 0 Å². The molecule has 1 aromatic carbocycles. The maximum absolute atomic E-state index is 5.84. The molecule has 110 valence electrons. The maximum atomic E-state index is 5.84. The highest BCUT2D eigenvalue weighted by Gasteiger charge is 2.23. The molecule has 1 aromatic heterocycles. The molecular formula is C16H19N3OS. The Morgan fingerprint density at radius 1 is 1.48 bits per heavy atom. The number of benzene rings is 1. The predicted molar refractivity (Wildman–Crippen MR) is 89.6 cm³/mol. The molecule has 3 N–H and O–H groups in total. The van der Waals surface area contributed by atoms with E-state index in [9.17, 15) is 0 Å². The van der Waals surface area contributed by atoms with Crippen LogP contribution in [0.2, 0.25) is 0 Å². The van der Waals surface area contributed by atoms with Crippen molar-refractivity contribution in [2.24, 2.45) is 11.7 Å². The molecule has 1 aliphatic heterocycles. The van der Waals surface area contributed by atoms with Gasteiger partial charge in [-0.1, -0.05) is 30.4 Å². The van der Waals surface area contributed by atoms with Crippen LogP contribution in [0.1, 0.15) is 18.9 Å². The van der Waals surface area contributed by atoms with Crippen LogP contribution in [0.3, 0.4) is 0 Å². The van der Waals surface area contributed by atoms with Crippen LogP contribution in [0, 0.1) is 5.92 Å². The molecule has 2 atom stereocenters. The number of hydrogen-bond acceptors (Lipinski definition) is 4. The molecule has 1 saturated heterocycles. The third-order valence-corrected chi connectivity index (χ3v) is 4.28. The number of pyridine rings is 1. The summed E-state index contributed by atoms with van der Waals surface area (Å²) in [5, 5.41) is 4.39. The van der Waals surface area contributed by atoms with E-state index in [1.807, 2.05) is 30.3 Å². The van der Waals surface area contributed by atoms with E-state index in [1.165, 1.54) is 0 Å². The van der Waals surface area contributed by atoms with Gasteiger partial charge in [0.15, 0.2) is 0 Å². The topological polar surface area (TPSA) is 60.2 Å². The molecule has 1 fully saturated rings. The molecule has 0 radical (unpaired) electrons. The highest BCUT2D eigenvalue weighted by molar-refractivity contribution is 7.80. The van der Waals surface area contributed by atoms with Crippen molar-refractivity contribution in [1.29, 1.82) is 0 Å². The number of fused-ring (bicyclic) bond motifs is 1. The van der Waals surface area contributed by atoms with E-state index in [-0.39, 0.29) is 0 Å². The fourth-order valence-corrected chi connectivity index (χ4v) is 2.92. The molecule has 5 heteroatoms. The number of thiocarbonyl (C=S) groups is 1. The van der Waals surface area contributed by atoms with Crippen molar-refractivity contribution < 1.29 is 4.74 Å². The van der Waals surface area contributed by atoms with E-state index < -0.39 is 0 Å². The monoisotopic (exact) mass is 301 g/mol. The highest BCUT2D eigenvalue weighted by atomic mass is 32.1. The van der Waals surface area contributed by atoms with Crippen LogP contribution in [0.15, 0.2) is 30.3 Å². The Morgan fingerprint density at radius 3 is 3.00 bits per heavy atom. The Balaban J connectivity index is 1.86. The first-order valence-electron chi connectivity index (χ1n) is 7.20. The summed E-state index contributed by atoms with van der Waals surface area (Å²) < 4.78 is 5.58. The largest absolute Gasteiger partial charge is 0.389 e. The number of anilines is 1. The number of para-hydroxylation sites is 1. The first-order valence-corrected chi connectivity index (χ1v) is 7.61. The third kappa shape index (κ3) is 2.99. The molecular weight excluding hydrogens is 282 g/mol. The molecule has 0 aliphatic carbocycles. The van der Waals surface area contributed by atoms with E-state index in [0.29, 0.717) is 17.0 Å². The van der Waals surface area contributed by atoms with E-state index in [0.717, 1.165) is 41.9 Å². The van der Waals surface area contributed by atoms with Gasteiger partial charge in [-0.15, -0.1) is 0 Å². The number of rotatable bonds is 4. The summed E-state index contributed by atoms with van der Waals surface area (Å²) in [5.74, 6) is 1.34. The zero-order valence-corrected chi connectivity index (χ0v) is 12.8. The zero-order valence-electron chi connectivity index (χ0n) is 12.0. The molecule has 2 aromatic rings. The Bertz CT molecular complexity index is 674. The van der Waals surface area contributed by atoms with Crippen LogP contribution in [-0.2, 0) is 4.74 Å². The number of aromatic nitrogens is 1. The Kier molecular flexibility index (Phi) is 4.03. The van der Waals surface area contributed by atoms with Crippen molar-refractivity contribution in [3.8, 4) is 0 Å². The van der Waals surface area contributed by atoms with Crippen LogP contribution in [-0.4, -0.2) is 29.2 Å². The number of ether oxygens (including phenoxy) is 1. The molecule has 0 amide bonds. The molecule has 4 nitrogen and oxygen atoms in total. The average Bonchev–Trinajstić information content (AvgIpc) is 2.89. The van der Waals surface area contributed by atoms with Gasteiger partial charge < -0.3 is 15.8 Å². The van der Waals surface area contributed by atoms with Gasteiger partial charge in [-0.05, 0) is 25.5 Å². The van der Waals surface area contributed by atoms with Crippen LogP contribution in [0.4, 0.5) is 5.82 Å². The second-order valence-corrected chi connectivity index (χ2v) is 5.88. The highest BCUT2D eigenvalue weighted by Crippen LogP contribution is 2.23. The van der Waals surface area contributed by atoms with Crippen molar-refractivity contribution in [3.05, 3.63) is 35.9 Å². The van der Waals surface area contributed by atoms with Crippen molar-refractivity contribution in [1.82, 2.24) is 4.98 Å². The summed E-state index contributed by atoms with van der Waals surface area (Å²) in [4.78, 5) is 5.03. The summed E-state index contributed by atoms with van der Waals surface area (Å²) in [7, 11) is 0. The quantitative estimate of drug-likeness (QED) is 0.850. The standard InChI is InChI=1S/C16H19N3OS/c1-10-11(6-7-20-10)9-18-15-8-13(16(17)21)12-4-2-3-5-14(12)19-15/h2-5,8,10-11H,6-7,9H2,1H3,(H2,17,21)(H,18,19). The lowest BCUT2D eigenvalue weighted by atomic mass is 10.0. The molecule has 3 rings (SSSR count). The fourth-order valence-electron chi connectivity index (χ4n) is 2.75. The molecule has 0 saturated carbocycles. The van der Waals surface area contributed by atoms with E-state index >= 15 is 0 Å². The van der Waals surface area contributed by atoms with Gasteiger partial charge in [0.2, 0.25) is 0 Å². The molecule has 0 bridgehead atoms. The SMILES string of the molecule is CC1OCCC1CNc1cc(C(N)=S)c2ccccc2n1. The fraction of sp³-hybridized carbons (Fsp3) is 0.375. The van der Waals surface area contributed by atoms with E-state index in [4.69, 9.17) is 22.7 Å². The number of nitrogens with two attached hydrogens (primary N) is 1. The van der Waals surface area contributed by atoms with Crippen LogP contribution in [0.25, 0.3) is 10.9 Å². The summed E-state index contributed by atoms with van der Waals surface area (Å²) >= 11 is 5.16. The summed E-state index contributed by atoms with van der Waals surface area (Å²) in [6.07, 6.45) is 1.39. The van der Waals surface area contributed by atoms with Crippen molar-refractivity contribution in [2.45, 2.75) is 19.4 Å². The molecule has 1 aliphatic rings. The lowest BCUT2D eigenvalue weighted by Crippen LogP contribution is -2.21. The smallest absolute Gasteiger partial charge is 0.127 e. The predicted octanol–water partition coefficient (Wildman–Crippen LogP) is 2.71. The number of nitrogens with one attached hydrogen (secondary N) is 1. The van der Waals surface area contributed by atoms with Gasteiger partial charge in [-0.2, -0.15) is 0 Å². The summed E-state index contributed by atoms with van der Waals surface area (Å²) in [6.45, 7) is 3.81. The first-order chi connectivity index (χ1) is 10.1. The van der Waals surface area contributed by atoms with E-state index in [2.05, 4.69) is 17.2 Å². The summed E-state index contributed by atoms with van der Waals surface area (Å²) in [5.41, 5.74) is 7.62. The van der Waals surface area contributed by atoms with Crippen LogP contribution >= 0.6 is 12.2 Å². The molecule has 21 heavy (non-hydrogen) atoms. The lowest BCUT2D eigenvalue weighted by Gasteiger charge is -2.16. The van der Waals surface area contributed by atoms with Crippen molar-refractivity contribution >= 4 is 33.9 Å². The molecule has 2 heterocycles. The average molecular weight is 301 g/mol. The normalized spacial score (nSPS) is 21.6. The molecule has 2 unspecified atom stereocenters. The summed E-state index contributed by atoms with van der Waals surface area (Å²) in [6, 6.07) is 9.84. The third-order valence-electron chi connectivity index (χ3n) is 4.06. The van der Waals surface area contributed by atoms with Gasteiger partial charge >= 0.3 is 0 Å². The van der Waals surface area contributed by atoms with Gasteiger partial charge in [0.05, 0.1) is 11.6 Å². The van der Waals surface area contributed by atoms with Crippen molar-refractivity contribution in [2.75, 3.05) is 18.5 Å². The number of hydrogen-bond donors (Lipinski definition) is 2. The first kappa shape index (κ1) is 14.2. The Labute approximate surface area is 129 Å². The van der Waals surface area contributed by atoms with Gasteiger partial charge in [-0.3, -0.25) is 0 Å². The van der Waals surface area contributed by atoms with Crippen molar-refractivity contribution in [3.63, 3.8) is 0 Å². The lowest BCUT2D eigenvalue weighted by molar-refractivity contribution is 0.108. The van der Waals surface area contributed by atoms with Gasteiger partial charge in [0.1, 0.15) is 10.8 Å². The van der Waals surface area contributed by atoms with Crippen LogP contribution < -0.4 is 11.1 Å². The zero-order chi connectivity index (χ0) is 14.8. The second kappa shape index (κ2) is 5.95. The maximum Gasteiger partial charge on any atom is 0.127 e. The van der Waals surface area contributed by atoms with Gasteiger partial charge in [0, 0.05) is 30.0 Å². The minimum Gasteiger partial charge on any atom is -0.389 e. The molecule has 0 spiro atoms. The van der Waals surface area contributed by atoms with Gasteiger partial charge in [0.25, 0.3) is 0 Å². The van der Waals surface area contributed by atoms with Gasteiger partial charge in [-0.25, -0.2) is 4.98 Å². The second-order valence-electron chi connectivity index (χ2n) is 5.44. The Morgan fingerprint density at radius 2 is 2.29 bits per heavy atom. The number of nitrogens with zero attached hydrogens (tertiary/aromatic N) is 1. The minimum absolute atomic E-state index is 0.299. The minimum atomic E-state index is 0.299. The van der Waals surface area contributed by atoms with Crippen LogP contribution in [0.5, 0.6) is 0 Å². The Hall–Kier alpha value is -1.72.